The summed E-state index contributed by atoms with van der Waals surface area (Å²) in [6, 6.07) is 15.4. The summed E-state index contributed by atoms with van der Waals surface area (Å²) in [7, 11) is 0. The van der Waals surface area contributed by atoms with Gasteiger partial charge in [0.25, 0.3) is 5.91 Å². The van der Waals surface area contributed by atoms with Crippen LogP contribution in [-0.2, 0) is 0 Å². The molecule has 3 N–H and O–H groups in total. The molecule has 1 aliphatic heterocycles. The highest BCUT2D eigenvalue weighted by molar-refractivity contribution is 5.94. The molecule has 0 bridgehead atoms. The Labute approximate surface area is 169 Å². The number of fused-ring (bicyclic) bond motifs is 1. The Balaban J connectivity index is 0.00000131. The van der Waals surface area contributed by atoms with Crippen molar-refractivity contribution in [2.24, 2.45) is 5.92 Å². The highest BCUT2D eigenvalue weighted by Gasteiger charge is 2.25. The van der Waals surface area contributed by atoms with E-state index in [4.69, 9.17) is 0 Å². The average Bonchev–Trinajstić information content (AvgIpc) is 3.26. The van der Waals surface area contributed by atoms with Gasteiger partial charge in [-0.2, -0.15) is 0 Å². The van der Waals surface area contributed by atoms with Gasteiger partial charge in [0.15, 0.2) is 0 Å². The second-order valence-corrected chi connectivity index (χ2v) is 6.35. The molecule has 1 amide bonds. The van der Waals surface area contributed by atoms with Gasteiger partial charge in [0, 0.05) is 36.8 Å². The molecule has 3 aromatic rings. The Kier molecular flexibility index (Phi) is 7.21. The molecule has 8 heteroatoms. The van der Waals surface area contributed by atoms with Crippen molar-refractivity contribution in [2.75, 3.05) is 19.6 Å². The average molecular weight is 409 g/mol. The van der Waals surface area contributed by atoms with Gasteiger partial charge in [0.1, 0.15) is 6.33 Å². The fourth-order valence-corrected chi connectivity index (χ4v) is 3.19. The normalized spacial score (nSPS) is 18.6. The first-order valence-corrected chi connectivity index (χ1v) is 8.42. The van der Waals surface area contributed by atoms with E-state index in [1.165, 1.54) is 0 Å². The van der Waals surface area contributed by atoms with Crippen LogP contribution in [0.4, 0.5) is 0 Å². The molecule has 1 aliphatic rings. The van der Waals surface area contributed by atoms with Gasteiger partial charge in [-0.1, -0.05) is 12.1 Å². The highest BCUT2D eigenvalue weighted by Crippen LogP contribution is 2.18. The van der Waals surface area contributed by atoms with Gasteiger partial charge in [-0.05, 0) is 36.4 Å². The molecular formula is C19H22Cl2N4O2. The van der Waals surface area contributed by atoms with E-state index in [0.717, 1.165) is 23.3 Å². The van der Waals surface area contributed by atoms with Gasteiger partial charge < -0.3 is 15.7 Å². The number of carbonyl (C=O) groups is 1. The molecule has 144 valence electrons. The summed E-state index contributed by atoms with van der Waals surface area (Å²) in [6.07, 6.45) is 1.39. The quantitative estimate of drug-likeness (QED) is 0.617. The fraction of sp³-hybridized carbons (Fsp3) is 0.263. The summed E-state index contributed by atoms with van der Waals surface area (Å²) >= 11 is 0. The van der Waals surface area contributed by atoms with Gasteiger partial charge in [-0.3, -0.25) is 9.36 Å². The predicted molar refractivity (Wildman–Crippen MR) is 110 cm³/mol. The van der Waals surface area contributed by atoms with Crippen molar-refractivity contribution in [3.8, 4) is 5.69 Å². The smallest absolute Gasteiger partial charge is 0.251 e. The molecule has 2 heterocycles. The molecular weight excluding hydrogens is 387 g/mol. The van der Waals surface area contributed by atoms with Crippen molar-refractivity contribution in [3.05, 3.63) is 60.4 Å². The lowest BCUT2D eigenvalue weighted by molar-refractivity contribution is 0.0927. The summed E-state index contributed by atoms with van der Waals surface area (Å²) in [5, 5.41) is 15.8. The Morgan fingerprint density at radius 1 is 1.15 bits per heavy atom. The minimum Gasteiger partial charge on any atom is -0.391 e. The minimum atomic E-state index is -0.391. The van der Waals surface area contributed by atoms with E-state index in [-0.39, 0.29) is 36.6 Å². The number of aliphatic hydroxyl groups is 1. The molecule has 1 fully saturated rings. The molecule has 1 aromatic heterocycles. The molecule has 0 spiro atoms. The van der Waals surface area contributed by atoms with Crippen LogP contribution in [0.1, 0.15) is 10.4 Å². The third kappa shape index (κ3) is 4.42. The van der Waals surface area contributed by atoms with Crippen molar-refractivity contribution in [1.29, 1.82) is 0 Å². The van der Waals surface area contributed by atoms with Crippen LogP contribution in [0.25, 0.3) is 16.7 Å². The third-order valence-corrected chi connectivity index (χ3v) is 4.69. The number of carbonyl (C=O) groups excluding carboxylic acids is 1. The lowest BCUT2D eigenvalue weighted by Gasteiger charge is -2.14. The van der Waals surface area contributed by atoms with Gasteiger partial charge in [-0.15, -0.1) is 24.8 Å². The standard InChI is InChI=1S/C19H20N4O2.2ClH/c24-18-11-20-9-14(18)10-21-19(25)13-5-7-15(8-6-13)23-12-22-16-3-1-2-4-17(16)23;;/h1-8,12,14,18,20,24H,9-11H2,(H,21,25);2*1H. The molecule has 2 atom stereocenters. The van der Waals surface area contributed by atoms with E-state index >= 15 is 0 Å². The summed E-state index contributed by atoms with van der Waals surface area (Å²) in [4.78, 5) is 16.7. The number of benzene rings is 2. The number of aromatic nitrogens is 2. The minimum absolute atomic E-state index is 0. The van der Waals surface area contributed by atoms with Crippen LogP contribution in [0.5, 0.6) is 0 Å². The fourth-order valence-electron chi connectivity index (χ4n) is 3.19. The molecule has 27 heavy (non-hydrogen) atoms. The number of para-hydroxylation sites is 2. The molecule has 0 aliphatic carbocycles. The van der Waals surface area contributed by atoms with Crippen LogP contribution in [-0.4, -0.2) is 46.3 Å². The zero-order chi connectivity index (χ0) is 17.2. The van der Waals surface area contributed by atoms with E-state index < -0.39 is 6.10 Å². The number of hydrogen-bond donors (Lipinski definition) is 3. The number of β-amino-alcohol motifs (C(OH)–C–C–N with tert-alkyl or cyclic N) is 1. The molecule has 6 nitrogen and oxygen atoms in total. The van der Waals surface area contributed by atoms with Crippen LogP contribution in [0.15, 0.2) is 54.9 Å². The summed E-state index contributed by atoms with van der Waals surface area (Å²) in [5.41, 5.74) is 3.53. The van der Waals surface area contributed by atoms with Crippen molar-refractivity contribution in [1.82, 2.24) is 20.2 Å². The maximum absolute atomic E-state index is 12.3. The Hall–Kier alpha value is -2.12. The van der Waals surface area contributed by atoms with E-state index in [9.17, 15) is 9.90 Å². The van der Waals surface area contributed by atoms with Crippen LogP contribution in [0.3, 0.4) is 0 Å². The first kappa shape index (κ1) is 21.2. The van der Waals surface area contributed by atoms with E-state index in [0.29, 0.717) is 18.7 Å². The van der Waals surface area contributed by atoms with Gasteiger partial charge in [0.05, 0.1) is 17.1 Å². The second-order valence-electron chi connectivity index (χ2n) is 6.35. The Morgan fingerprint density at radius 3 is 2.59 bits per heavy atom. The number of aliphatic hydroxyl groups excluding tert-OH is 1. The van der Waals surface area contributed by atoms with Gasteiger partial charge >= 0.3 is 0 Å². The van der Waals surface area contributed by atoms with Crippen LogP contribution >= 0.6 is 24.8 Å². The molecule has 1 saturated heterocycles. The number of rotatable bonds is 4. The number of hydrogen-bond acceptors (Lipinski definition) is 4. The van der Waals surface area contributed by atoms with E-state index in [1.807, 2.05) is 53.1 Å². The van der Waals surface area contributed by atoms with Crippen molar-refractivity contribution >= 4 is 41.8 Å². The molecule has 2 unspecified atom stereocenters. The van der Waals surface area contributed by atoms with Crippen molar-refractivity contribution in [3.63, 3.8) is 0 Å². The summed E-state index contributed by atoms with van der Waals surface area (Å²) in [5.74, 6) is -0.0540. The zero-order valence-corrected chi connectivity index (χ0v) is 16.2. The first-order chi connectivity index (χ1) is 12.2. The maximum Gasteiger partial charge on any atom is 0.251 e. The first-order valence-electron chi connectivity index (χ1n) is 8.42. The summed E-state index contributed by atoms with van der Waals surface area (Å²) in [6.45, 7) is 1.79. The largest absolute Gasteiger partial charge is 0.391 e. The molecule has 0 saturated carbocycles. The molecule has 0 radical (unpaired) electrons. The van der Waals surface area contributed by atoms with Crippen LogP contribution in [0, 0.1) is 5.92 Å². The lowest BCUT2D eigenvalue weighted by Crippen LogP contribution is -2.34. The van der Waals surface area contributed by atoms with Crippen LogP contribution in [0.2, 0.25) is 0 Å². The highest BCUT2D eigenvalue weighted by atomic mass is 35.5. The van der Waals surface area contributed by atoms with Crippen LogP contribution < -0.4 is 10.6 Å². The Morgan fingerprint density at radius 2 is 1.89 bits per heavy atom. The third-order valence-electron chi connectivity index (χ3n) is 4.69. The summed E-state index contributed by atoms with van der Waals surface area (Å²) < 4.78 is 2.00. The van der Waals surface area contributed by atoms with E-state index in [1.54, 1.807) is 6.33 Å². The van der Waals surface area contributed by atoms with Crippen molar-refractivity contribution in [2.45, 2.75) is 6.10 Å². The SMILES string of the molecule is Cl.Cl.O=C(NCC1CNCC1O)c1ccc(-n2cnc3ccccc32)cc1. The zero-order valence-electron chi connectivity index (χ0n) is 14.5. The van der Waals surface area contributed by atoms with E-state index in [2.05, 4.69) is 15.6 Å². The molecule has 4 rings (SSSR count). The Bertz CT molecular complexity index is 898. The lowest BCUT2D eigenvalue weighted by atomic mass is 10.1. The number of nitrogens with zero attached hydrogens (tertiary/aromatic N) is 2. The number of nitrogens with one attached hydrogen (secondary N) is 2. The second kappa shape index (κ2) is 9.19. The topological polar surface area (TPSA) is 79.2 Å². The van der Waals surface area contributed by atoms with Gasteiger partial charge in [-0.25, -0.2) is 4.98 Å². The number of imidazole rings is 1. The predicted octanol–water partition coefficient (Wildman–Crippen LogP) is 2.18. The number of halogens is 2. The monoisotopic (exact) mass is 408 g/mol. The van der Waals surface area contributed by atoms with Crippen molar-refractivity contribution < 1.29 is 9.90 Å². The van der Waals surface area contributed by atoms with Gasteiger partial charge in [0.2, 0.25) is 0 Å². The maximum atomic E-state index is 12.3. The number of amides is 1. The molecule has 2 aromatic carbocycles.